The van der Waals surface area contributed by atoms with Gasteiger partial charge in [0.25, 0.3) is 0 Å². The molecule has 1 aliphatic rings. The van der Waals surface area contributed by atoms with Gasteiger partial charge in [-0.15, -0.1) is 0 Å². The average Bonchev–Trinajstić information content (AvgIpc) is 2.61. The third-order valence-corrected chi connectivity index (χ3v) is 4.45. The molecule has 0 amide bonds. The van der Waals surface area contributed by atoms with E-state index in [1.165, 1.54) is 12.1 Å². The molecule has 0 saturated carbocycles. The van der Waals surface area contributed by atoms with Crippen LogP contribution in [-0.2, 0) is 0 Å². The maximum absolute atomic E-state index is 13.4. The van der Waals surface area contributed by atoms with E-state index in [-0.39, 0.29) is 11.9 Å². The first-order valence-electron chi connectivity index (χ1n) is 8.67. The zero-order valence-electron chi connectivity index (χ0n) is 15.5. The Labute approximate surface area is 154 Å². The highest BCUT2D eigenvalue weighted by Gasteiger charge is 2.23. The number of ether oxygens (including phenoxy) is 2. The van der Waals surface area contributed by atoms with Gasteiger partial charge < -0.3 is 20.1 Å². The summed E-state index contributed by atoms with van der Waals surface area (Å²) < 4.78 is 24.8. The molecule has 0 bridgehead atoms. The van der Waals surface area contributed by atoms with Crippen molar-refractivity contribution in [3.05, 3.63) is 65.0 Å². The Balaban J connectivity index is 2.08. The minimum atomic E-state index is -0.252. The van der Waals surface area contributed by atoms with Crippen molar-refractivity contribution < 1.29 is 13.9 Å². The van der Waals surface area contributed by atoms with Crippen molar-refractivity contribution in [2.45, 2.75) is 12.5 Å². The highest BCUT2D eigenvalue weighted by atomic mass is 19.1. The van der Waals surface area contributed by atoms with Crippen LogP contribution in [0.3, 0.4) is 0 Å². The van der Waals surface area contributed by atoms with Crippen LogP contribution in [0, 0.1) is 5.82 Å². The van der Waals surface area contributed by atoms with E-state index in [2.05, 4.69) is 4.90 Å². The summed E-state index contributed by atoms with van der Waals surface area (Å²) in [5.41, 5.74) is 10.4. The lowest BCUT2D eigenvalue weighted by Crippen LogP contribution is -2.34. The van der Waals surface area contributed by atoms with Gasteiger partial charge in [0.15, 0.2) is 0 Å². The minimum Gasteiger partial charge on any atom is -0.497 e. The number of halogens is 1. The number of nitrogens with two attached hydrogens (primary N) is 1. The van der Waals surface area contributed by atoms with Gasteiger partial charge in [0.2, 0.25) is 0 Å². The summed E-state index contributed by atoms with van der Waals surface area (Å²) in [7, 11) is 5.65. The highest BCUT2D eigenvalue weighted by Crippen LogP contribution is 2.40. The molecule has 0 aliphatic carbocycles. The molecular weight excluding hydrogens is 331 g/mol. The second-order valence-corrected chi connectivity index (χ2v) is 6.86. The van der Waals surface area contributed by atoms with E-state index in [9.17, 15) is 4.39 Å². The molecule has 1 unspecified atom stereocenters. The van der Waals surface area contributed by atoms with Crippen LogP contribution in [0.5, 0.6) is 11.5 Å². The molecule has 138 valence electrons. The summed E-state index contributed by atoms with van der Waals surface area (Å²) >= 11 is 0. The largest absolute Gasteiger partial charge is 0.497 e. The molecule has 4 nitrogen and oxygen atoms in total. The van der Waals surface area contributed by atoms with E-state index >= 15 is 0 Å². The molecule has 3 rings (SSSR count). The number of hydrogen-bond donors (Lipinski definition) is 1. The Hall–Kier alpha value is -2.37. The fourth-order valence-electron chi connectivity index (χ4n) is 3.37. The van der Waals surface area contributed by atoms with E-state index < -0.39 is 0 Å². The monoisotopic (exact) mass is 356 g/mol. The lowest BCUT2D eigenvalue weighted by Gasteiger charge is -2.27. The van der Waals surface area contributed by atoms with Gasteiger partial charge in [0.1, 0.15) is 23.9 Å². The van der Waals surface area contributed by atoms with Gasteiger partial charge in [0.05, 0.1) is 7.11 Å². The van der Waals surface area contributed by atoms with Crippen molar-refractivity contribution in [2.24, 2.45) is 5.73 Å². The van der Waals surface area contributed by atoms with Crippen molar-refractivity contribution in [3.63, 3.8) is 0 Å². The standard InChI is InChI=1S/C21H25FN2O2/c1-24(2)12-17(23)10-15-13-26-20-9-8-18(25-3)11-19(20)21(15)14-4-6-16(22)7-5-14/h4-9,11,17H,10,12-13,23H2,1-3H3. The van der Waals surface area contributed by atoms with Crippen molar-refractivity contribution >= 4 is 5.57 Å². The second kappa shape index (κ2) is 7.89. The number of rotatable bonds is 6. The maximum Gasteiger partial charge on any atom is 0.127 e. The number of fused-ring (bicyclic) bond motifs is 1. The van der Waals surface area contributed by atoms with Crippen LogP contribution in [-0.4, -0.2) is 45.3 Å². The third-order valence-electron chi connectivity index (χ3n) is 4.45. The summed E-state index contributed by atoms with van der Waals surface area (Å²) in [4.78, 5) is 2.07. The number of benzene rings is 2. The van der Waals surface area contributed by atoms with Crippen LogP contribution in [0.2, 0.25) is 0 Å². The predicted octanol–water partition coefficient (Wildman–Crippen LogP) is 3.31. The lowest BCUT2D eigenvalue weighted by atomic mass is 9.88. The Morgan fingerprint density at radius 1 is 1.19 bits per heavy atom. The predicted molar refractivity (Wildman–Crippen MR) is 102 cm³/mol. The van der Waals surface area contributed by atoms with E-state index in [1.54, 1.807) is 19.2 Å². The van der Waals surface area contributed by atoms with E-state index in [4.69, 9.17) is 15.2 Å². The Morgan fingerprint density at radius 3 is 2.58 bits per heavy atom. The van der Waals surface area contributed by atoms with E-state index in [0.717, 1.165) is 40.3 Å². The van der Waals surface area contributed by atoms with Gasteiger partial charge in [-0.1, -0.05) is 12.1 Å². The van der Waals surface area contributed by atoms with Gasteiger partial charge in [-0.25, -0.2) is 4.39 Å². The molecule has 2 N–H and O–H groups in total. The fourth-order valence-corrected chi connectivity index (χ4v) is 3.37. The third kappa shape index (κ3) is 4.06. The molecule has 1 aliphatic heterocycles. The smallest absolute Gasteiger partial charge is 0.127 e. The molecule has 0 aromatic heterocycles. The fraction of sp³-hybridized carbons (Fsp3) is 0.333. The molecular formula is C21H25FN2O2. The van der Waals surface area contributed by atoms with Crippen LogP contribution in [0.25, 0.3) is 5.57 Å². The lowest BCUT2D eigenvalue weighted by molar-refractivity contribution is 0.326. The molecule has 0 fully saturated rings. The van der Waals surface area contributed by atoms with Crippen LogP contribution in [0.4, 0.5) is 4.39 Å². The Morgan fingerprint density at radius 2 is 1.92 bits per heavy atom. The van der Waals surface area contributed by atoms with E-state index in [1.807, 2.05) is 32.3 Å². The first-order valence-corrected chi connectivity index (χ1v) is 8.67. The van der Waals surface area contributed by atoms with Gasteiger partial charge in [-0.05, 0) is 67.6 Å². The van der Waals surface area contributed by atoms with Gasteiger partial charge in [-0.2, -0.15) is 0 Å². The van der Waals surface area contributed by atoms with E-state index in [0.29, 0.717) is 13.0 Å². The highest BCUT2D eigenvalue weighted by molar-refractivity contribution is 5.86. The SMILES string of the molecule is COc1ccc2c(c1)C(c1ccc(F)cc1)=C(CC(N)CN(C)C)CO2. The quantitative estimate of drug-likeness (QED) is 0.863. The summed E-state index contributed by atoms with van der Waals surface area (Å²) in [5, 5.41) is 0. The van der Waals surface area contributed by atoms with Crippen LogP contribution < -0.4 is 15.2 Å². The topological polar surface area (TPSA) is 47.7 Å². The molecule has 5 heteroatoms. The second-order valence-electron chi connectivity index (χ2n) is 6.86. The van der Waals surface area contributed by atoms with Crippen LogP contribution in [0.1, 0.15) is 17.5 Å². The van der Waals surface area contributed by atoms with Crippen molar-refractivity contribution in [3.8, 4) is 11.5 Å². The summed E-state index contributed by atoms with van der Waals surface area (Å²) in [6.45, 7) is 1.26. The zero-order chi connectivity index (χ0) is 18.7. The van der Waals surface area contributed by atoms with Crippen LogP contribution in [0.15, 0.2) is 48.0 Å². The summed E-state index contributed by atoms with van der Waals surface area (Å²) in [5.74, 6) is 1.30. The van der Waals surface area contributed by atoms with Gasteiger partial charge >= 0.3 is 0 Å². The van der Waals surface area contributed by atoms with Crippen LogP contribution >= 0.6 is 0 Å². The summed E-state index contributed by atoms with van der Waals surface area (Å²) in [6.07, 6.45) is 0.710. The molecule has 0 radical (unpaired) electrons. The number of nitrogens with zero attached hydrogens (tertiary/aromatic N) is 1. The maximum atomic E-state index is 13.4. The first-order chi connectivity index (χ1) is 12.5. The molecule has 1 atom stereocenters. The minimum absolute atomic E-state index is 0.00814. The number of hydrogen-bond acceptors (Lipinski definition) is 4. The normalized spacial score (nSPS) is 14.8. The Kier molecular flexibility index (Phi) is 5.59. The van der Waals surface area contributed by atoms with Crippen molar-refractivity contribution in [1.29, 1.82) is 0 Å². The number of likely N-dealkylation sites (N-methyl/N-ethyl adjacent to an activating group) is 1. The Bertz CT molecular complexity index is 800. The molecule has 1 heterocycles. The number of methoxy groups -OCH3 is 1. The first kappa shape index (κ1) is 18.4. The summed E-state index contributed by atoms with van der Waals surface area (Å²) in [6, 6.07) is 12.3. The zero-order valence-corrected chi connectivity index (χ0v) is 15.5. The molecule has 0 spiro atoms. The van der Waals surface area contributed by atoms with Gasteiger partial charge in [-0.3, -0.25) is 0 Å². The molecule has 26 heavy (non-hydrogen) atoms. The molecule has 0 saturated heterocycles. The van der Waals surface area contributed by atoms with Crippen molar-refractivity contribution in [2.75, 3.05) is 34.4 Å². The molecule has 2 aromatic rings. The van der Waals surface area contributed by atoms with Gasteiger partial charge in [0, 0.05) is 18.2 Å². The van der Waals surface area contributed by atoms with Crippen molar-refractivity contribution in [1.82, 2.24) is 4.90 Å². The average molecular weight is 356 g/mol. The molecule has 2 aromatic carbocycles.